The Morgan fingerprint density at radius 3 is 2.54 bits per heavy atom. The van der Waals surface area contributed by atoms with E-state index in [1.807, 2.05) is 37.8 Å². The highest BCUT2D eigenvalue weighted by Crippen LogP contribution is 2.23. The van der Waals surface area contributed by atoms with Crippen molar-refractivity contribution in [2.75, 3.05) is 13.1 Å². The summed E-state index contributed by atoms with van der Waals surface area (Å²) in [7, 11) is 0. The molecule has 1 aliphatic heterocycles. The summed E-state index contributed by atoms with van der Waals surface area (Å²) in [6.07, 6.45) is 1.34. The minimum atomic E-state index is 0.218. The quantitative estimate of drug-likeness (QED) is 0.426. The van der Waals surface area contributed by atoms with E-state index in [-0.39, 0.29) is 5.91 Å². The zero-order valence-corrected chi connectivity index (χ0v) is 17.7. The van der Waals surface area contributed by atoms with E-state index in [1.54, 1.807) is 11.3 Å². The van der Waals surface area contributed by atoms with E-state index in [0.29, 0.717) is 13.0 Å². The van der Waals surface area contributed by atoms with Gasteiger partial charge >= 0.3 is 0 Å². The molecule has 150 valence electrons. The van der Waals surface area contributed by atoms with Crippen molar-refractivity contribution in [1.29, 1.82) is 0 Å². The van der Waals surface area contributed by atoms with Gasteiger partial charge in [-0.15, -0.1) is 11.3 Å². The molecule has 28 heavy (non-hydrogen) atoms. The smallest absolute Gasteiger partial charge is 0.223 e. The molecule has 2 N–H and O–H groups in total. The predicted octanol–water partition coefficient (Wildman–Crippen LogP) is 3.14. The number of carbonyl (C=O) groups is 1. The average Bonchev–Trinajstić information content (AvgIpc) is 3.25. The van der Waals surface area contributed by atoms with Gasteiger partial charge in [-0.3, -0.25) is 4.79 Å². The van der Waals surface area contributed by atoms with Crippen molar-refractivity contribution < 1.29 is 4.79 Å². The summed E-state index contributed by atoms with van der Waals surface area (Å²) in [5, 5.41) is 7.67. The molecule has 1 aromatic heterocycles. The van der Waals surface area contributed by atoms with Gasteiger partial charge in [-0.2, -0.15) is 0 Å². The topological polar surface area (TPSA) is 69.6 Å². The number of hydrogen-bond acceptors (Lipinski definition) is 4. The Morgan fingerprint density at radius 1 is 1.21 bits per heavy atom. The zero-order valence-electron chi connectivity index (χ0n) is 16.9. The maximum atomic E-state index is 12.5. The van der Waals surface area contributed by atoms with E-state index in [0.717, 1.165) is 49.3 Å². The predicted molar refractivity (Wildman–Crippen MR) is 114 cm³/mol. The number of amides is 1. The van der Waals surface area contributed by atoms with Crippen molar-refractivity contribution in [3.05, 3.63) is 51.0 Å². The van der Waals surface area contributed by atoms with E-state index < -0.39 is 0 Å². The standard InChI is InChI=1S/C21H29N5OS/c1-4-22-21(24-12-19-15(2)25-16(3)28-19)23-11-7-10-20(27)26-13-17-8-5-6-9-18(17)14-26/h5-6,8-9H,4,7,10-14H2,1-3H3,(H2,22,23,24). The van der Waals surface area contributed by atoms with Crippen LogP contribution in [-0.2, 0) is 24.4 Å². The van der Waals surface area contributed by atoms with Crippen molar-refractivity contribution in [3.63, 3.8) is 0 Å². The second kappa shape index (κ2) is 9.68. The highest BCUT2D eigenvalue weighted by molar-refractivity contribution is 7.11. The number of benzene rings is 1. The number of thiazole rings is 1. The van der Waals surface area contributed by atoms with E-state index in [1.165, 1.54) is 16.0 Å². The second-order valence-electron chi connectivity index (χ2n) is 6.99. The molecule has 0 bridgehead atoms. The molecule has 0 unspecified atom stereocenters. The lowest BCUT2D eigenvalue weighted by Crippen LogP contribution is -2.38. The number of aromatic nitrogens is 1. The fourth-order valence-corrected chi connectivity index (χ4v) is 4.19. The van der Waals surface area contributed by atoms with Gasteiger partial charge in [0.25, 0.3) is 0 Å². The third-order valence-corrected chi connectivity index (χ3v) is 5.84. The van der Waals surface area contributed by atoms with Gasteiger partial charge in [0.2, 0.25) is 5.91 Å². The van der Waals surface area contributed by atoms with Gasteiger partial charge in [-0.25, -0.2) is 9.98 Å². The van der Waals surface area contributed by atoms with Gasteiger partial charge in [0, 0.05) is 37.5 Å². The third kappa shape index (κ3) is 5.32. The fourth-order valence-electron chi connectivity index (χ4n) is 3.33. The molecule has 3 rings (SSSR count). The second-order valence-corrected chi connectivity index (χ2v) is 8.27. The first kappa shape index (κ1) is 20.3. The van der Waals surface area contributed by atoms with Gasteiger partial charge in [-0.05, 0) is 38.3 Å². The Balaban J connectivity index is 1.43. The minimum absolute atomic E-state index is 0.218. The van der Waals surface area contributed by atoms with Crippen molar-refractivity contribution in [2.45, 2.75) is 53.2 Å². The molecule has 2 heterocycles. The Labute approximate surface area is 171 Å². The van der Waals surface area contributed by atoms with E-state index in [4.69, 9.17) is 0 Å². The Hall–Kier alpha value is -2.41. The summed E-state index contributed by atoms with van der Waals surface area (Å²) in [5.41, 5.74) is 3.59. The Bertz CT molecular complexity index is 820. The lowest BCUT2D eigenvalue weighted by molar-refractivity contribution is -0.131. The van der Waals surface area contributed by atoms with Crippen molar-refractivity contribution >= 4 is 23.2 Å². The maximum absolute atomic E-state index is 12.5. The summed E-state index contributed by atoms with van der Waals surface area (Å²) in [6.45, 7) is 9.71. The summed E-state index contributed by atoms with van der Waals surface area (Å²) < 4.78 is 0. The molecule has 0 saturated carbocycles. The van der Waals surface area contributed by atoms with Crippen LogP contribution < -0.4 is 10.6 Å². The minimum Gasteiger partial charge on any atom is -0.357 e. The van der Waals surface area contributed by atoms with E-state index in [9.17, 15) is 4.79 Å². The van der Waals surface area contributed by atoms with Crippen molar-refractivity contribution in [2.24, 2.45) is 4.99 Å². The number of rotatable bonds is 7. The zero-order chi connectivity index (χ0) is 19.9. The number of fused-ring (bicyclic) bond motifs is 1. The lowest BCUT2D eigenvalue weighted by atomic mass is 10.1. The van der Waals surface area contributed by atoms with Crippen LogP contribution in [0.15, 0.2) is 29.3 Å². The van der Waals surface area contributed by atoms with Crippen LogP contribution in [0.3, 0.4) is 0 Å². The van der Waals surface area contributed by atoms with Crippen LogP contribution in [0.4, 0.5) is 0 Å². The van der Waals surface area contributed by atoms with Gasteiger partial charge < -0.3 is 15.5 Å². The molecule has 0 radical (unpaired) electrons. The van der Waals surface area contributed by atoms with Crippen LogP contribution in [0.25, 0.3) is 0 Å². The average molecular weight is 400 g/mol. The van der Waals surface area contributed by atoms with Gasteiger partial charge in [0.15, 0.2) is 5.96 Å². The number of nitrogens with zero attached hydrogens (tertiary/aromatic N) is 3. The first-order chi connectivity index (χ1) is 13.6. The Morgan fingerprint density at radius 2 is 1.93 bits per heavy atom. The van der Waals surface area contributed by atoms with Crippen molar-refractivity contribution in [1.82, 2.24) is 20.5 Å². The van der Waals surface area contributed by atoms with E-state index >= 15 is 0 Å². The normalized spacial score (nSPS) is 13.5. The molecule has 0 spiro atoms. The van der Waals surface area contributed by atoms with Crippen LogP contribution >= 0.6 is 11.3 Å². The first-order valence-corrected chi connectivity index (χ1v) is 10.7. The summed E-state index contributed by atoms with van der Waals surface area (Å²) >= 11 is 1.69. The number of nitrogens with one attached hydrogen (secondary N) is 2. The number of aryl methyl sites for hydroxylation is 2. The Kier molecular flexibility index (Phi) is 7.03. The summed E-state index contributed by atoms with van der Waals surface area (Å²) in [4.78, 5) is 24.7. The molecule has 1 aliphatic rings. The van der Waals surface area contributed by atoms with Crippen LogP contribution in [0, 0.1) is 13.8 Å². The molecule has 6 nitrogen and oxygen atoms in total. The number of aliphatic imine (C=N–C) groups is 1. The number of hydrogen-bond donors (Lipinski definition) is 2. The molecule has 2 aromatic rings. The van der Waals surface area contributed by atoms with Crippen LogP contribution in [0.1, 0.15) is 46.5 Å². The van der Waals surface area contributed by atoms with Crippen LogP contribution in [0.2, 0.25) is 0 Å². The molecule has 0 saturated heterocycles. The SMILES string of the molecule is CCNC(=NCc1sc(C)nc1C)NCCCC(=O)N1Cc2ccccc2C1. The van der Waals surface area contributed by atoms with Gasteiger partial charge in [-0.1, -0.05) is 24.3 Å². The molecule has 1 aromatic carbocycles. The van der Waals surface area contributed by atoms with Crippen molar-refractivity contribution in [3.8, 4) is 0 Å². The molecular formula is C21H29N5OS. The number of carbonyl (C=O) groups excluding carboxylic acids is 1. The highest BCUT2D eigenvalue weighted by Gasteiger charge is 2.22. The largest absolute Gasteiger partial charge is 0.357 e. The molecule has 0 atom stereocenters. The number of guanidine groups is 1. The van der Waals surface area contributed by atoms with Gasteiger partial charge in [0.1, 0.15) is 0 Å². The molecule has 0 fully saturated rings. The van der Waals surface area contributed by atoms with Gasteiger partial charge in [0.05, 0.1) is 17.2 Å². The molecular weight excluding hydrogens is 370 g/mol. The summed E-state index contributed by atoms with van der Waals surface area (Å²) in [5.74, 6) is 1.00. The van der Waals surface area contributed by atoms with E-state index in [2.05, 4.69) is 32.7 Å². The molecule has 7 heteroatoms. The third-order valence-electron chi connectivity index (χ3n) is 4.78. The molecule has 1 amide bonds. The van der Waals surface area contributed by atoms with Crippen LogP contribution in [0.5, 0.6) is 0 Å². The highest BCUT2D eigenvalue weighted by atomic mass is 32.1. The first-order valence-electron chi connectivity index (χ1n) is 9.86. The molecule has 0 aliphatic carbocycles. The monoisotopic (exact) mass is 399 g/mol. The van der Waals surface area contributed by atoms with Crippen LogP contribution in [-0.4, -0.2) is 34.8 Å². The fraction of sp³-hybridized carbons (Fsp3) is 0.476. The summed E-state index contributed by atoms with van der Waals surface area (Å²) in [6, 6.07) is 8.28. The lowest BCUT2D eigenvalue weighted by Gasteiger charge is -2.16. The maximum Gasteiger partial charge on any atom is 0.223 e.